The molecule has 184 valence electrons. The summed E-state index contributed by atoms with van der Waals surface area (Å²) in [6.45, 7) is 0. The molecule has 1 unspecified atom stereocenters. The van der Waals surface area contributed by atoms with Crippen molar-refractivity contribution in [3.8, 4) is 5.75 Å². The number of thioether (sulfide) groups is 2. The van der Waals surface area contributed by atoms with E-state index in [2.05, 4.69) is 15.5 Å². The first kappa shape index (κ1) is 24.6. The quantitative estimate of drug-likeness (QED) is 0.214. The third kappa shape index (κ3) is 4.56. The van der Waals surface area contributed by atoms with E-state index < -0.39 is 41.1 Å². The van der Waals surface area contributed by atoms with Gasteiger partial charge in [0.25, 0.3) is 11.8 Å². The first-order valence-corrected chi connectivity index (χ1v) is 12.2. The number of primary amides is 1. The minimum Gasteiger partial charge on any atom is -0.508 e. The number of aliphatic carboxylic acids is 1. The summed E-state index contributed by atoms with van der Waals surface area (Å²) in [4.78, 5) is 50.0. The molecule has 0 aliphatic carbocycles. The zero-order valence-electron chi connectivity index (χ0n) is 18.2. The van der Waals surface area contributed by atoms with Crippen LogP contribution in [0.15, 0.2) is 40.7 Å². The number of amides is 3. The van der Waals surface area contributed by atoms with Crippen molar-refractivity contribution in [2.75, 3.05) is 11.5 Å². The van der Waals surface area contributed by atoms with E-state index in [4.69, 9.17) is 11.5 Å². The maximum atomic E-state index is 12.8. The lowest BCUT2D eigenvalue weighted by molar-refractivity contribution is -0.150. The standard InChI is InChI=1S/C20H21N7O6S2/c1-26-15(14(22)29)24-25-20(26)35-7-9-6-34-18-12(17(31)27(18)13(9)19(32)33)23-16(30)11(21)8-2-4-10(28)5-3-8/h2-5,11-12,18,28H,6-7,21H2,1H3,(H2,22,29)(H,23,30)(H,32,33)/t11-,12?,18-/m1/s1. The SMILES string of the molecule is Cn1c(SCC2=C(C(=O)O)N3C(=O)C(NC(=O)[C@H](N)c4ccc(O)cc4)[C@H]3SC2)nnc1C(N)=O. The maximum absolute atomic E-state index is 12.8. The third-order valence-electron chi connectivity index (χ3n) is 5.51. The van der Waals surface area contributed by atoms with E-state index in [1.165, 1.54) is 40.6 Å². The molecule has 15 heteroatoms. The molecule has 2 aliphatic heterocycles. The van der Waals surface area contributed by atoms with Crippen molar-refractivity contribution >= 4 is 47.2 Å². The average Bonchev–Trinajstić information content (AvgIpc) is 3.20. The van der Waals surface area contributed by atoms with Gasteiger partial charge in [-0.1, -0.05) is 23.9 Å². The highest BCUT2D eigenvalue weighted by atomic mass is 32.2. The Morgan fingerprint density at radius 3 is 2.57 bits per heavy atom. The number of aromatic hydroxyl groups is 1. The molecule has 35 heavy (non-hydrogen) atoms. The number of nitrogens with one attached hydrogen (secondary N) is 1. The number of phenols is 1. The van der Waals surface area contributed by atoms with E-state index in [9.17, 15) is 29.4 Å². The predicted molar refractivity (Wildman–Crippen MR) is 125 cm³/mol. The number of fused-ring (bicyclic) bond motifs is 1. The number of carboxylic acids is 1. The molecule has 0 spiro atoms. The van der Waals surface area contributed by atoms with Gasteiger partial charge in [-0.3, -0.25) is 19.3 Å². The van der Waals surface area contributed by atoms with Crippen molar-refractivity contribution in [2.24, 2.45) is 18.5 Å². The number of carbonyl (C=O) groups excluding carboxylic acids is 3. The Bertz CT molecular complexity index is 1250. The number of carboxylic acid groups (broad SMARTS) is 1. The Kier molecular flexibility index (Phi) is 6.73. The van der Waals surface area contributed by atoms with Crippen molar-refractivity contribution in [1.29, 1.82) is 0 Å². The lowest BCUT2D eigenvalue weighted by atomic mass is 10.0. The second-order valence-electron chi connectivity index (χ2n) is 7.74. The molecule has 4 rings (SSSR count). The number of aromatic nitrogens is 3. The van der Waals surface area contributed by atoms with Gasteiger partial charge >= 0.3 is 5.97 Å². The molecule has 0 saturated carbocycles. The molecule has 2 aromatic rings. The van der Waals surface area contributed by atoms with E-state index in [1.54, 1.807) is 7.05 Å². The molecular formula is C20H21N7O6S2. The van der Waals surface area contributed by atoms with E-state index in [1.807, 2.05) is 0 Å². The van der Waals surface area contributed by atoms with Crippen LogP contribution in [-0.2, 0) is 21.4 Å². The Morgan fingerprint density at radius 2 is 1.97 bits per heavy atom. The van der Waals surface area contributed by atoms with Gasteiger partial charge in [-0.2, -0.15) is 0 Å². The van der Waals surface area contributed by atoms with Crippen LogP contribution in [-0.4, -0.2) is 76.5 Å². The fourth-order valence-corrected chi connectivity index (χ4v) is 6.07. The normalized spacial score (nSPS) is 20.2. The number of hydrogen-bond acceptors (Lipinski definition) is 10. The molecular weight excluding hydrogens is 498 g/mol. The van der Waals surface area contributed by atoms with Crippen LogP contribution in [0.2, 0.25) is 0 Å². The monoisotopic (exact) mass is 519 g/mol. The first-order chi connectivity index (χ1) is 16.6. The lowest BCUT2D eigenvalue weighted by Crippen LogP contribution is -2.71. The van der Waals surface area contributed by atoms with Gasteiger partial charge in [-0.25, -0.2) is 4.79 Å². The van der Waals surface area contributed by atoms with Crippen molar-refractivity contribution in [1.82, 2.24) is 25.0 Å². The van der Waals surface area contributed by atoms with E-state index in [-0.39, 0.29) is 23.0 Å². The van der Waals surface area contributed by atoms with Gasteiger partial charge < -0.3 is 31.6 Å². The lowest BCUT2D eigenvalue weighted by Gasteiger charge is -2.49. The van der Waals surface area contributed by atoms with Crippen LogP contribution >= 0.6 is 23.5 Å². The van der Waals surface area contributed by atoms with Gasteiger partial charge in [-0.05, 0) is 23.3 Å². The highest BCUT2D eigenvalue weighted by Crippen LogP contribution is 2.41. The van der Waals surface area contributed by atoms with Crippen LogP contribution in [0.25, 0.3) is 0 Å². The molecule has 1 fully saturated rings. The number of phenolic OH excluding ortho intramolecular Hbond substituents is 1. The summed E-state index contributed by atoms with van der Waals surface area (Å²) in [5.41, 5.74) is 12.0. The zero-order valence-corrected chi connectivity index (χ0v) is 19.9. The maximum Gasteiger partial charge on any atom is 0.352 e. The molecule has 7 N–H and O–H groups in total. The number of carbonyl (C=O) groups is 4. The molecule has 3 heterocycles. The third-order valence-corrected chi connectivity index (χ3v) is 7.96. The van der Waals surface area contributed by atoms with Crippen molar-refractivity contribution < 1.29 is 29.4 Å². The number of β-lactam (4-membered cyclic amide) rings is 1. The van der Waals surface area contributed by atoms with E-state index >= 15 is 0 Å². The zero-order chi connectivity index (χ0) is 25.4. The van der Waals surface area contributed by atoms with Gasteiger partial charge in [-0.15, -0.1) is 22.0 Å². The summed E-state index contributed by atoms with van der Waals surface area (Å²) < 4.78 is 1.41. The second-order valence-corrected chi connectivity index (χ2v) is 9.79. The van der Waals surface area contributed by atoms with E-state index in [0.717, 1.165) is 16.7 Å². The van der Waals surface area contributed by atoms with Crippen molar-refractivity contribution in [3.63, 3.8) is 0 Å². The van der Waals surface area contributed by atoms with Gasteiger partial charge in [0.2, 0.25) is 11.7 Å². The molecule has 3 atom stereocenters. The van der Waals surface area contributed by atoms with Crippen LogP contribution < -0.4 is 16.8 Å². The van der Waals surface area contributed by atoms with Crippen LogP contribution in [0.4, 0.5) is 0 Å². The first-order valence-electron chi connectivity index (χ1n) is 10.2. The molecule has 3 amide bonds. The molecule has 1 saturated heterocycles. The highest BCUT2D eigenvalue weighted by Gasteiger charge is 2.54. The largest absolute Gasteiger partial charge is 0.508 e. The highest BCUT2D eigenvalue weighted by molar-refractivity contribution is 8.01. The molecule has 1 aromatic carbocycles. The topological polar surface area (TPSA) is 207 Å². The van der Waals surface area contributed by atoms with E-state index in [0.29, 0.717) is 22.0 Å². The number of rotatable bonds is 8. The number of benzene rings is 1. The van der Waals surface area contributed by atoms with Gasteiger partial charge in [0, 0.05) is 18.6 Å². The summed E-state index contributed by atoms with van der Waals surface area (Å²) in [5.74, 6) is -2.65. The van der Waals surface area contributed by atoms with Crippen LogP contribution in [0, 0.1) is 0 Å². The predicted octanol–water partition coefficient (Wildman–Crippen LogP) is -0.850. The van der Waals surface area contributed by atoms with Gasteiger partial charge in [0.15, 0.2) is 5.16 Å². The van der Waals surface area contributed by atoms with Crippen LogP contribution in [0.3, 0.4) is 0 Å². The fourth-order valence-electron chi connectivity index (χ4n) is 3.68. The molecule has 1 aromatic heterocycles. The summed E-state index contributed by atoms with van der Waals surface area (Å²) in [6.07, 6.45) is 0. The number of nitrogens with two attached hydrogens (primary N) is 2. The fraction of sp³-hybridized carbons (Fsp3) is 0.300. The van der Waals surface area contributed by atoms with Crippen LogP contribution in [0.5, 0.6) is 5.75 Å². The Hall–Kier alpha value is -3.56. The summed E-state index contributed by atoms with van der Waals surface area (Å²) >= 11 is 2.48. The Labute approximate surface area is 206 Å². The molecule has 0 bridgehead atoms. The summed E-state index contributed by atoms with van der Waals surface area (Å²) in [5, 5.41) is 29.2. The van der Waals surface area contributed by atoms with Crippen LogP contribution in [0.1, 0.15) is 22.2 Å². The summed E-state index contributed by atoms with van der Waals surface area (Å²) in [7, 11) is 1.57. The van der Waals surface area contributed by atoms with Crippen molar-refractivity contribution in [3.05, 3.63) is 46.9 Å². The van der Waals surface area contributed by atoms with Crippen molar-refractivity contribution in [2.45, 2.75) is 22.6 Å². The molecule has 0 radical (unpaired) electrons. The van der Waals surface area contributed by atoms with Gasteiger partial charge in [0.1, 0.15) is 28.9 Å². The number of hydrogen-bond donors (Lipinski definition) is 5. The molecule has 2 aliphatic rings. The second kappa shape index (κ2) is 9.59. The molecule has 13 nitrogen and oxygen atoms in total. The summed E-state index contributed by atoms with van der Waals surface area (Å²) in [6, 6.07) is 3.81. The smallest absolute Gasteiger partial charge is 0.352 e. The Morgan fingerprint density at radius 1 is 1.29 bits per heavy atom. The van der Waals surface area contributed by atoms with Gasteiger partial charge in [0.05, 0.1) is 0 Å². The minimum atomic E-state index is -1.26. The number of nitrogens with zero attached hydrogens (tertiary/aromatic N) is 4. The Balaban J connectivity index is 1.46. The average molecular weight is 520 g/mol. The minimum absolute atomic E-state index is 0.0271.